The number of benzene rings is 1. The fourth-order valence-electron chi connectivity index (χ4n) is 2.42. The Balaban J connectivity index is 2.80. The summed E-state index contributed by atoms with van der Waals surface area (Å²) in [6.07, 6.45) is 0. The summed E-state index contributed by atoms with van der Waals surface area (Å²) in [6.45, 7) is 4.89. The third-order valence-electron chi connectivity index (χ3n) is 3.18. The van der Waals surface area contributed by atoms with Gasteiger partial charge in [-0.1, -0.05) is 17.7 Å². The molecule has 0 fully saturated rings. The van der Waals surface area contributed by atoms with Gasteiger partial charge in [0.2, 0.25) is 0 Å². The van der Waals surface area contributed by atoms with Crippen molar-refractivity contribution in [2.75, 3.05) is 13.7 Å². The minimum atomic E-state index is -1.00. The summed E-state index contributed by atoms with van der Waals surface area (Å²) in [7, 11) is 1.61. The highest BCUT2D eigenvalue weighted by molar-refractivity contribution is 6.35. The van der Waals surface area contributed by atoms with Gasteiger partial charge >= 0.3 is 5.97 Å². The van der Waals surface area contributed by atoms with E-state index in [1.165, 1.54) is 0 Å². The zero-order chi connectivity index (χ0) is 14.2. The number of nitrogens with zero attached hydrogens (tertiary/aromatic N) is 1. The van der Waals surface area contributed by atoms with Gasteiger partial charge in [0.05, 0.1) is 12.1 Å². The predicted molar refractivity (Wildman–Crippen MR) is 75.3 cm³/mol. The van der Waals surface area contributed by atoms with Crippen molar-refractivity contribution in [1.82, 2.24) is 4.57 Å². The van der Waals surface area contributed by atoms with Crippen LogP contribution in [0.3, 0.4) is 0 Å². The maximum Gasteiger partial charge on any atom is 0.339 e. The zero-order valence-electron chi connectivity index (χ0n) is 11.2. The van der Waals surface area contributed by atoms with Crippen LogP contribution in [0.15, 0.2) is 12.1 Å². The molecule has 0 unspecified atom stereocenters. The summed E-state index contributed by atoms with van der Waals surface area (Å²) in [5.74, 6) is -1.00. The second-order valence-corrected chi connectivity index (χ2v) is 4.95. The van der Waals surface area contributed by atoms with Gasteiger partial charge in [-0.3, -0.25) is 0 Å². The van der Waals surface area contributed by atoms with Gasteiger partial charge in [0.1, 0.15) is 10.7 Å². The van der Waals surface area contributed by atoms with Crippen LogP contribution < -0.4 is 0 Å². The van der Waals surface area contributed by atoms with Crippen molar-refractivity contribution in [2.45, 2.75) is 20.4 Å². The number of methoxy groups -OCH3 is 1. The van der Waals surface area contributed by atoms with Crippen LogP contribution in [0.2, 0.25) is 5.15 Å². The molecule has 2 aromatic rings. The highest BCUT2D eigenvalue weighted by Crippen LogP contribution is 2.33. The number of aromatic nitrogens is 1. The molecule has 1 heterocycles. The Labute approximate surface area is 116 Å². The van der Waals surface area contributed by atoms with Crippen LogP contribution in [-0.2, 0) is 11.3 Å². The first-order valence-corrected chi connectivity index (χ1v) is 6.36. The molecule has 5 heteroatoms. The van der Waals surface area contributed by atoms with Crippen molar-refractivity contribution in [3.63, 3.8) is 0 Å². The van der Waals surface area contributed by atoms with E-state index in [1.54, 1.807) is 11.7 Å². The molecule has 2 rings (SSSR count). The molecule has 0 saturated heterocycles. The molecule has 102 valence electrons. The Morgan fingerprint density at radius 1 is 1.42 bits per heavy atom. The number of carboxylic acids is 1. The molecule has 0 radical (unpaired) electrons. The molecule has 0 aliphatic carbocycles. The van der Waals surface area contributed by atoms with Crippen LogP contribution in [0.1, 0.15) is 21.5 Å². The van der Waals surface area contributed by atoms with Crippen molar-refractivity contribution in [1.29, 1.82) is 0 Å². The molecular weight excluding hydrogens is 266 g/mol. The summed E-state index contributed by atoms with van der Waals surface area (Å²) in [4.78, 5) is 11.4. The smallest absolute Gasteiger partial charge is 0.339 e. The number of hydrogen-bond acceptors (Lipinski definition) is 2. The summed E-state index contributed by atoms with van der Waals surface area (Å²) < 4.78 is 6.85. The van der Waals surface area contributed by atoms with E-state index in [2.05, 4.69) is 0 Å². The van der Waals surface area contributed by atoms with Crippen LogP contribution >= 0.6 is 11.6 Å². The molecule has 1 aromatic heterocycles. The topological polar surface area (TPSA) is 51.5 Å². The molecule has 0 bridgehead atoms. The molecule has 0 saturated carbocycles. The summed E-state index contributed by atoms with van der Waals surface area (Å²) >= 11 is 6.23. The van der Waals surface area contributed by atoms with E-state index in [0.29, 0.717) is 18.5 Å². The SMILES string of the molecule is COCCn1c(Cl)c(C(=O)O)c2c(C)cc(C)cc21. The third kappa shape index (κ3) is 2.33. The second kappa shape index (κ2) is 5.23. The highest BCUT2D eigenvalue weighted by Gasteiger charge is 2.22. The Kier molecular flexibility index (Phi) is 3.83. The molecule has 0 atom stereocenters. The fraction of sp³-hybridized carbons (Fsp3) is 0.357. The Morgan fingerprint density at radius 3 is 2.68 bits per heavy atom. The normalized spacial score (nSPS) is 11.2. The number of rotatable bonds is 4. The van der Waals surface area contributed by atoms with E-state index in [-0.39, 0.29) is 10.7 Å². The van der Waals surface area contributed by atoms with Crippen molar-refractivity contribution < 1.29 is 14.6 Å². The van der Waals surface area contributed by atoms with Gasteiger partial charge in [0.15, 0.2) is 0 Å². The first kappa shape index (κ1) is 13.9. The van der Waals surface area contributed by atoms with E-state index in [9.17, 15) is 9.90 Å². The number of carboxylic acid groups (broad SMARTS) is 1. The molecule has 0 spiro atoms. The van der Waals surface area contributed by atoms with Crippen molar-refractivity contribution >= 4 is 28.5 Å². The van der Waals surface area contributed by atoms with Gasteiger partial charge in [-0.2, -0.15) is 0 Å². The monoisotopic (exact) mass is 281 g/mol. The van der Waals surface area contributed by atoms with E-state index in [0.717, 1.165) is 16.6 Å². The van der Waals surface area contributed by atoms with Crippen LogP contribution in [0.4, 0.5) is 0 Å². The van der Waals surface area contributed by atoms with Gasteiger partial charge < -0.3 is 14.4 Å². The van der Waals surface area contributed by atoms with E-state index < -0.39 is 5.97 Å². The second-order valence-electron chi connectivity index (χ2n) is 4.59. The van der Waals surface area contributed by atoms with E-state index in [1.807, 2.05) is 26.0 Å². The highest BCUT2D eigenvalue weighted by atomic mass is 35.5. The molecule has 1 aromatic carbocycles. The molecule has 19 heavy (non-hydrogen) atoms. The zero-order valence-corrected chi connectivity index (χ0v) is 11.9. The first-order chi connectivity index (χ1) is 8.97. The lowest BCUT2D eigenvalue weighted by Crippen LogP contribution is -2.05. The lowest BCUT2D eigenvalue weighted by Gasteiger charge is -2.07. The van der Waals surface area contributed by atoms with Gasteiger partial charge in [-0.25, -0.2) is 4.79 Å². The summed E-state index contributed by atoms with van der Waals surface area (Å²) in [5.41, 5.74) is 3.02. The standard InChI is InChI=1S/C14H16ClNO3/c1-8-6-9(2)11-10(7-8)16(4-5-19-3)13(15)12(11)14(17)18/h6-7H,4-5H2,1-3H3,(H,17,18). The van der Waals surface area contributed by atoms with Crippen molar-refractivity contribution in [3.05, 3.63) is 34.0 Å². The quantitative estimate of drug-likeness (QED) is 0.936. The number of hydrogen-bond donors (Lipinski definition) is 1. The lowest BCUT2D eigenvalue weighted by atomic mass is 10.0. The lowest BCUT2D eigenvalue weighted by molar-refractivity contribution is 0.0698. The third-order valence-corrected chi connectivity index (χ3v) is 3.57. The largest absolute Gasteiger partial charge is 0.478 e. The van der Waals surface area contributed by atoms with Crippen LogP contribution in [-0.4, -0.2) is 29.4 Å². The molecule has 1 N–H and O–H groups in total. The van der Waals surface area contributed by atoms with Gasteiger partial charge in [0, 0.05) is 19.0 Å². The van der Waals surface area contributed by atoms with Crippen molar-refractivity contribution in [2.24, 2.45) is 0 Å². The number of ether oxygens (including phenoxy) is 1. The maximum absolute atomic E-state index is 11.4. The van der Waals surface area contributed by atoms with Crippen molar-refractivity contribution in [3.8, 4) is 0 Å². The number of aryl methyl sites for hydroxylation is 2. The molecule has 0 amide bonds. The molecule has 0 aliphatic rings. The average Bonchev–Trinajstić information content (AvgIpc) is 2.59. The molecular formula is C14H16ClNO3. The Hall–Kier alpha value is -1.52. The maximum atomic E-state index is 11.4. The predicted octanol–water partition coefficient (Wildman–Crippen LogP) is 3.26. The number of halogens is 1. The van der Waals surface area contributed by atoms with Crippen LogP contribution in [0.5, 0.6) is 0 Å². The minimum absolute atomic E-state index is 0.172. The molecule has 0 aliphatic heterocycles. The van der Waals surface area contributed by atoms with E-state index >= 15 is 0 Å². The minimum Gasteiger partial charge on any atom is -0.478 e. The van der Waals surface area contributed by atoms with E-state index in [4.69, 9.17) is 16.3 Å². The number of fused-ring (bicyclic) bond motifs is 1. The van der Waals surface area contributed by atoms with Gasteiger partial charge in [-0.15, -0.1) is 0 Å². The Morgan fingerprint density at radius 2 is 2.11 bits per heavy atom. The number of aromatic carboxylic acids is 1. The average molecular weight is 282 g/mol. The van der Waals surface area contributed by atoms with Gasteiger partial charge in [0.25, 0.3) is 0 Å². The molecule has 4 nitrogen and oxygen atoms in total. The van der Waals surface area contributed by atoms with Gasteiger partial charge in [-0.05, 0) is 31.0 Å². The first-order valence-electron chi connectivity index (χ1n) is 5.98. The fourth-order valence-corrected chi connectivity index (χ4v) is 2.77. The van der Waals surface area contributed by atoms with Crippen LogP contribution in [0, 0.1) is 13.8 Å². The summed E-state index contributed by atoms with van der Waals surface area (Å²) in [6, 6.07) is 3.92. The Bertz CT molecular complexity index is 646. The number of carbonyl (C=O) groups is 1. The van der Waals surface area contributed by atoms with Crippen LogP contribution in [0.25, 0.3) is 10.9 Å². The summed E-state index contributed by atoms with van der Waals surface area (Å²) in [5, 5.41) is 10.3.